The van der Waals surface area contributed by atoms with E-state index in [0.717, 1.165) is 6.07 Å². The molecule has 12 heteroatoms. The van der Waals surface area contributed by atoms with Gasteiger partial charge in [0.2, 0.25) is 5.88 Å². The monoisotopic (exact) mass is 413 g/mol. The molecule has 3 rings (SSSR count). The molecular formula is C18H15N5O7. The number of aromatic nitrogens is 1. The number of ether oxygens (including phenoxy) is 1. The van der Waals surface area contributed by atoms with E-state index in [1.807, 2.05) is 0 Å². The van der Waals surface area contributed by atoms with Crippen molar-refractivity contribution >= 4 is 33.9 Å². The van der Waals surface area contributed by atoms with Gasteiger partial charge in [-0.25, -0.2) is 0 Å². The number of nitro groups is 2. The number of methoxy groups -OCH3 is 1. The highest BCUT2D eigenvalue weighted by Crippen LogP contribution is 2.41. The fourth-order valence-corrected chi connectivity index (χ4v) is 3.09. The van der Waals surface area contributed by atoms with Gasteiger partial charge in [-0.2, -0.15) is 0 Å². The molecule has 0 aliphatic rings. The molecule has 3 aromatic rings. The van der Waals surface area contributed by atoms with Gasteiger partial charge in [-0.1, -0.05) is 0 Å². The minimum absolute atomic E-state index is 0.0250. The van der Waals surface area contributed by atoms with E-state index in [0.29, 0.717) is 11.1 Å². The maximum atomic E-state index is 12.4. The number of hydrogen-bond acceptors (Lipinski definition) is 8. The lowest BCUT2D eigenvalue weighted by atomic mass is 10.1. The number of amides is 1. The maximum absolute atomic E-state index is 12.4. The van der Waals surface area contributed by atoms with Crippen LogP contribution in [0.1, 0.15) is 15.9 Å². The predicted octanol–water partition coefficient (Wildman–Crippen LogP) is 3.94. The zero-order valence-electron chi connectivity index (χ0n) is 16.0. The Morgan fingerprint density at radius 2 is 1.87 bits per heavy atom. The smallest absolute Gasteiger partial charge is 0.311 e. The van der Waals surface area contributed by atoms with Crippen molar-refractivity contribution in [2.45, 2.75) is 6.92 Å². The Morgan fingerprint density at radius 3 is 2.47 bits per heavy atom. The van der Waals surface area contributed by atoms with Gasteiger partial charge in [0, 0.05) is 30.6 Å². The second-order valence-corrected chi connectivity index (χ2v) is 6.30. The molecule has 1 heterocycles. The zero-order chi connectivity index (χ0) is 22.2. The van der Waals surface area contributed by atoms with Gasteiger partial charge in [0.1, 0.15) is 0 Å². The van der Waals surface area contributed by atoms with Crippen molar-refractivity contribution in [1.29, 1.82) is 0 Å². The van der Waals surface area contributed by atoms with Gasteiger partial charge < -0.3 is 14.4 Å². The molecule has 0 unspecified atom stereocenters. The SMILES string of the molecule is COc1ccc(C(=O)N=Nc2c(O)n(C)c3c(C)cc([N+](=O)[O-])cc23)cc1[N+](=O)[O-]. The van der Waals surface area contributed by atoms with Crippen molar-refractivity contribution in [3.8, 4) is 11.6 Å². The Balaban J connectivity index is 2.07. The first-order chi connectivity index (χ1) is 14.1. The van der Waals surface area contributed by atoms with Gasteiger partial charge in [0.15, 0.2) is 11.4 Å². The minimum atomic E-state index is -0.903. The third-order valence-corrected chi connectivity index (χ3v) is 4.48. The summed E-state index contributed by atoms with van der Waals surface area (Å²) in [5.74, 6) is -1.27. The zero-order valence-corrected chi connectivity index (χ0v) is 16.0. The molecule has 2 aromatic carbocycles. The standard InChI is InChI=1S/C18H15N5O7/c1-9-6-11(22(26)27)8-12-15(18(25)21(2)16(9)12)19-20-17(24)10-4-5-14(30-3)13(7-10)23(28)29/h4-8,25H,1-3H3. The van der Waals surface area contributed by atoms with Crippen LogP contribution in [0.3, 0.4) is 0 Å². The Bertz CT molecular complexity index is 1250. The molecule has 0 saturated carbocycles. The third-order valence-electron chi connectivity index (χ3n) is 4.48. The lowest BCUT2D eigenvalue weighted by Gasteiger charge is -2.02. The van der Waals surface area contributed by atoms with Gasteiger partial charge in [-0.15, -0.1) is 10.2 Å². The highest BCUT2D eigenvalue weighted by molar-refractivity contribution is 5.99. The van der Waals surface area contributed by atoms with E-state index in [1.165, 1.54) is 43.0 Å². The molecule has 0 fully saturated rings. The van der Waals surface area contributed by atoms with E-state index in [4.69, 9.17) is 4.74 Å². The number of benzene rings is 2. The quantitative estimate of drug-likeness (QED) is 0.376. The Labute approximate surface area is 168 Å². The first kappa shape index (κ1) is 20.4. The average Bonchev–Trinajstić information content (AvgIpc) is 2.95. The van der Waals surface area contributed by atoms with E-state index >= 15 is 0 Å². The number of nitrogens with zero attached hydrogens (tertiary/aromatic N) is 5. The molecule has 1 aromatic heterocycles. The summed E-state index contributed by atoms with van der Waals surface area (Å²) in [4.78, 5) is 33.4. The van der Waals surface area contributed by atoms with E-state index in [1.54, 1.807) is 6.92 Å². The van der Waals surface area contributed by atoms with Gasteiger partial charge in [0.25, 0.3) is 11.6 Å². The molecule has 1 amide bonds. The van der Waals surface area contributed by atoms with Gasteiger partial charge in [0.05, 0.1) is 28.0 Å². The van der Waals surface area contributed by atoms with Crippen LogP contribution in [0, 0.1) is 27.2 Å². The van der Waals surface area contributed by atoms with Crippen molar-refractivity contribution in [3.63, 3.8) is 0 Å². The molecule has 0 aliphatic heterocycles. The molecule has 0 spiro atoms. The van der Waals surface area contributed by atoms with Crippen molar-refractivity contribution < 1.29 is 24.5 Å². The van der Waals surface area contributed by atoms with E-state index < -0.39 is 21.4 Å². The molecule has 1 N–H and O–H groups in total. The third kappa shape index (κ3) is 3.41. The number of aryl methyl sites for hydroxylation is 2. The van der Waals surface area contributed by atoms with Gasteiger partial charge in [-0.05, 0) is 24.6 Å². The Hall–Kier alpha value is -4.35. The fourth-order valence-electron chi connectivity index (χ4n) is 3.09. The molecule has 0 aliphatic carbocycles. The van der Waals surface area contributed by atoms with Crippen molar-refractivity contribution in [1.82, 2.24) is 4.57 Å². The van der Waals surface area contributed by atoms with Crippen molar-refractivity contribution in [2.75, 3.05) is 7.11 Å². The highest BCUT2D eigenvalue weighted by Gasteiger charge is 2.21. The topological polar surface area (TPSA) is 162 Å². The molecule has 0 bridgehead atoms. The van der Waals surface area contributed by atoms with Crippen LogP contribution in [-0.4, -0.2) is 32.5 Å². The van der Waals surface area contributed by atoms with Crippen LogP contribution in [0.2, 0.25) is 0 Å². The van der Waals surface area contributed by atoms with Crippen LogP contribution in [0.15, 0.2) is 40.6 Å². The number of carbonyl (C=O) groups is 1. The van der Waals surface area contributed by atoms with Crippen LogP contribution in [-0.2, 0) is 7.05 Å². The summed E-state index contributed by atoms with van der Waals surface area (Å²) in [6, 6.07) is 6.11. The molecular weight excluding hydrogens is 398 g/mol. The molecule has 12 nitrogen and oxygen atoms in total. The number of rotatable bonds is 5. The van der Waals surface area contributed by atoms with Crippen LogP contribution in [0.5, 0.6) is 11.6 Å². The summed E-state index contributed by atoms with van der Waals surface area (Å²) >= 11 is 0. The predicted molar refractivity (Wildman–Crippen MR) is 104 cm³/mol. The summed E-state index contributed by atoms with van der Waals surface area (Å²) < 4.78 is 6.25. The second-order valence-electron chi connectivity index (χ2n) is 6.30. The molecule has 0 saturated heterocycles. The number of carbonyl (C=O) groups excluding carboxylic acids is 1. The van der Waals surface area contributed by atoms with Crippen molar-refractivity contribution in [3.05, 3.63) is 61.7 Å². The van der Waals surface area contributed by atoms with Crippen LogP contribution in [0.4, 0.5) is 17.1 Å². The minimum Gasteiger partial charge on any atom is -0.493 e. The highest BCUT2D eigenvalue weighted by atomic mass is 16.6. The molecule has 0 radical (unpaired) electrons. The number of hydrogen-bond donors (Lipinski definition) is 1. The van der Waals surface area contributed by atoms with Crippen LogP contribution >= 0.6 is 0 Å². The first-order valence-electron chi connectivity index (χ1n) is 8.40. The maximum Gasteiger partial charge on any atom is 0.311 e. The summed E-state index contributed by atoms with van der Waals surface area (Å²) in [7, 11) is 2.79. The normalized spacial score (nSPS) is 11.2. The number of non-ortho nitro benzene ring substituents is 1. The summed E-state index contributed by atoms with van der Waals surface area (Å²) in [5.41, 5.74) is 0.135. The van der Waals surface area contributed by atoms with Gasteiger partial charge >= 0.3 is 5.69 Å². The number of aromatic hydroxyl groups is 1. The molecule has 154 valence electrons. The Morgan fingerprint density at radius 1 is 1.17 bits per heavy atom. The fraction of sp³-hybridized carbons (Fsp3) is 0.167. The van der Waals surface area contributed by atoms with Crippen molar-refractivity contribution in [2.24, 2.45) is 17.3 Å². The van der Waals surface area contributed by atoms with E-state index in [-0.39, 0.29) is 34.0 Å². The van der Waals surface area contributed by atoms with Crippen LogP contribution < -0.4 is 4.74 Å². The van der Waals surface area contributed by atoms with Gasteiger partial charge in [-0.3, -0.25) is 25.0 Å². The number of fused-ring (bicyclic) bond motifs is 1. The number of nitro benzene ring substituents is 2. The molecule has 30 heavy (non-hydrogen) atoms. The lowest BCUT2D eigenvalue weighted by Crippen LogP contribution is -1.99. The van der Waals surface area contributed by atoms with E-state index in [9.17, 15) is 30.1 Å². The lowest BCUT2D eigenvalue weighted by molar-refractivity contribution is -0.385. The molecule has 0 atom stereocenters. The second kappa shape index (κ2) is 7.58. The Kier molecular flexibility index (Phi) is 5.15. The average molecular weight is 413 g/mol. The number of azo groups is 1. The largest absolute Gasteiger partial charge is 0.493 e. The summed E-state index contributed by atoms with van der Waals surface area (Å²) in [5, 5.41) is 40.2. The summed E-state index contributed by atoms with van der Waals surface area (Å²) in [6.07, 6.45) is 0. The first-order valence-corrected chi connectivity index (χ1v) is 8.40. The van der Waals surface area contributed by atoms with E-state index in [2.05, 4.69) is 10.2 Å². The summed E-state index contributed by atoms with van der Waals surface area (Å²) in [6.45, 7) is 1.64. The van der Waals surface area contributed by atoms with Crippen LogP contribution in [0.25, 0.3) is 10.9 Å².